The average molecular weight is 429 g/mol. The van der Waals surface area contributed by atoms with Crippen molar-refractivity contribution in [2.45, 2.75) is 57.3 Å². The molecule has 1 aliphatic heterocycles. The standard InChI is InChI=1S/C19H31BClFN2O2.CO2/c21-17-12-15(13-18(22)14-17)4-3-9-24-10-6-16(7-11-24)19(23)5-1-2-8-20(25)26;2-1-3/h12-14,16,19,25-26H,1-11,23H2;. The number of nitrogens with two attached hydrogens (primary N) is 1. The maximum Gasteiger partial charge on any atom is 0.451 e. The predicted octanol–water partition coefficient (Wildman–Crippen LogP) is 2.51. The number of benzene rings is 1. The van der Waals surface area contributed by atoms with Gasteiger partial charge in [0.15, 0.2) is 0 Å². The molecule has 0 saturated carbocycles. The van der Waals surface area contributed by atoms with Crippen molar-refractivity contribution >= 4 is 24.9 Å². The number of likely N-dealkylation sites (tertiary alicyclic amines) is 1. The van der Waals surface area contributed by atoms with Crippen LogP contribution in [0.3, 0.4) is 0 Å². The lowest BCUT2D eigenvalue weighted by atomic mass is 9.82. The number of rotatable bonds is 10. The lowest BCUT2D eigenvalue weighted by Crippen LogP contribution is -2.41. The zero-order valence-electron chi connectivity index (χ0n) is 16.7. The molecular formula is C20H31BClFN2O4. The van der Waals surface area contributed by atoms with Gasteiger partial charge in [0.05, 0.1) is 0 Å². The van der Waals surface area contributed by atoms with Crippen molar-refractivity contribution in [2.75, 3.05) is 19.6 Å². The first-order valence-corrected chi connectivity index (χ1v) is 10.5. The average Bonchev–Trinajstić information content (AvgIpc) is 2.65. The van der Waals surface area contributed by atoms with Gasteiger partial charge < -0.3 is 20.7 Å². The van der Waals surface area contributed by atoms with Crippen molar-refractivity contribution in [3.8, 4) is 0 Å². The van der Waals surface area contributed by atoms with Crippen molar-refractivity contribution in [1.82, 2.24) is 4.90 Å². The van der Waals surface area contributed by atoms with E-state index in [1.54, 1.807) is 6.07 Å². The van der Waals surface area contributed by atoms with Crippen molar-refractivity contribution in [3.05, 3.63) is 34.6 Å². The third-order valence-electron chi connectivity index (χ3n) is 5.35. The van der Waals surface area contributed by atoms with Crippen LogP contribution in [0.15, 0.2) is 18.2 Å². The smallest absolute Gasteiger partial charge is 0.427 e. The van der Waals surface area contributed by atoms with E-state index in [4.69, 9.17) is 37.0 Å². The van der Waals surface area contributed by atoms with Crippen LogP contribution in [-0.4, -0.2) is 53.9 Å². The molecule has 0 radical (unpaired) electrons. The summed E-state index contributed by atoms with van der Waals surface area (Å²) in [6.45, 7) is 3.15. The van der Waals surface area contributed by atoms with E-state index in [2.05, 4.69) is 4.90 Å². The predicted molar refractivity (Wildman–Crippen MR) is 111 cm³/mol. The molecule has 1 aromatic carbocycles. The SMILES string of the molecule is NC(CCCCB(O)O)C1CCN(CCCc2cc(F)cc(Cl)c2)CC1.O=C=O. The summed E-state index contributed by atoms with van der Waals surface area (Å²) in [4.78, 5) is 18.7. The highest BCUT2D eigenvalue weighted by molar-refractivity contribution is 6.40. The normalized spacial score (nSPS) is 15.9. The lowest BCUT2D eigenvalue weighted by Gasteiger charge is -2.34. The van der Waals surface area contributed by atoms with Crippen molar-refractivity contribution in [1.29, 1.82) is 0 Å². The van der Waals surface area contributed by atoms with Gasteiger partial charge in [-0.05, 0) is 87.7 Å². The Kier molecular flexibility index (Phi) is 13.0. The fourth-order valence-corrected chi connectivity index (χ4v) is 4.05. The number of halogens is 2. The second-order valence-electron chi connectivity index (χ2n) is 7.57. The third kappa shape index (κ3) is 11.5. The highest BCUT2D eigenvalue weighted by Gasteiger charge is 2.23. The Hall–Kier alpha value is -1.28. The topological polar surface area (TPSA) is 104 Å². The Morgan fingerprint density at radius 3 is 2.45 bits per heavy atom. The number of nitrogens with zero attached hydrogens (tertiary/aromatic N) is 1. The van der Waals surface area contributed by atoms with E-state index >= 15 is 0 Å². The van der Waals surface area contributed by atoms with E-state index in [0.29, 0.717) is 17.3 Å². The van der Waals surface area contributed by atoms with Gasteiger partial charge in [-0.3, -0.25) is 0 Å². The monoisotopic (exact) mass is 428 g/mol. The molecular weight excluding hydrogens is 397 g/mol. The first kappa shape index (κ1) is 25.8. The van der Waals surface area contributed by atoms with E-state index < -0.39 is 7.12 Å². The van der Waals surface area contributed by atoms with Crippen LogP contribution < -0.4 is 5.73 Å². The molecule has 1 saturated heterocycles. The highest BCUT2D eigenvalue weighted by Crippen LogP contribution is 2.23. The van der Waals surface area contributed by atoms with E-state index in [-0.39, 0.29) is 18.0 Å². The molecule has 4 N–H and O–H groups in total. The summed E-state index contributed by atoms with van der Waals surface area (Å²) in [7, 11) is -1.20. The summed E-state index contributed by atoms with van der Waals surface area (Å²) in [5, 5.41) is 18.2. The van der Waals surface area contributed by atoms with Crippen LogP contribution in [0.25, 0.3) is 0 Å². The summed E-state index contributed by atoms with van der Waals surface area (Å²) >= 11 is 5.90. The van der Waals surface area contributed by atoms with Gasteiger partial charge in [-0.15, -0.1) is 0 Å². The molecule has 2 rings (SSSR count). The molecule has 0 spiro atoms. The number of aryl methyl sites for hydroxylation is 1. The summed E-state index contributed by atoms with van der Waals surface area (Å²) in [5.41, 5.74) is 7.28. The Morgan fingerprint density at radius 1 is 1.21 bits per heavy atom. The molecule has 162 valence electrons. The summed E-state index contributed by atoms with van der Waals surface area (Å²) in [6, 6.07) is 4.95. The fraction of sp³-hybridized carbons (Fsp3) is 0.650. The number of carbonyl (C=O) groups excluding carboxylic acids is 2. The molecule has 6 nitrogen and oxygen atoms in total. The van der Waals surface area contributed by atoms with E-state index in [1.807, 2.05) is 6.07 Å². The molecule has 1 fully saturated rings. The minimum Gasteiger partial charge on any atom is -0.427 e. The molecule has 1 atom stereocenters. The molecule has 0 amide bonds. The minimum atomic E-state index is -1.20. The second kappa shape index (κ2) is 14.7. The number of piperidine rings is 1. The quantitative estimate of drug-likeness (QED) is 0.391. The van der Waals surface area contributed by atoms with Crippen LogP contribution in [0.4, 0.5) is 4.39 Å². The summed E-state index contributed by atoms with van der Waals surface area (Å²) in [6.07, 6.45) is 7.49. The summed E-state index contributed by atoms with van der Waals surface area (Å²) in [5.74, 6) is 0.295. The van der Waals surface area contributed by atoms with Crippen LogP contribution >= 0.6 is 11.6 Å². The van der Waals surface area contributed by atoms with E-state index in [9.17, 15) is 4.39 Å². The van der Waals surface area contributed by atoms with Gasteiger partial charge >= 0.3 is 13.3 Å². The van der Waals surface area contributed by atoms with Gasteiger partial charge in [-0.1, -0.05) is 24.4 Å². The van der Waals surface area contributed by atoms with Gasteiger partial charge in [0, 0.05) is 11.1 Å². The minimum absolute atomic E-state index is 0.211. The zero-order valence-corrected chi connectivity index (χ0v) is 17.5. The third-order valence-corrected chi connectivity index (χ3v) is 5.57. The van der Waals surface area contributed by atoms with Gasteiger partial charge in [0.25, 0.3) is 0 Å². The summed E-state index contributed by atoms with van der Waals surface area (Å²) < 4.78 is 13.3. The van der Waals surface area contributed by atoms with Crippen LogP contribution in [0, 0.1) is 11.7 Å². The van der Waals surface area contributed by atoms with Crippen molar-refractivity contribution < 1.29 is 24.0 Å². The van der Waals surface area contributed by atoms with Gasteiger partial charge in [-0.2, -0.15) is 9.59 Å². The van der Waals surface area contributed by atoms with Crippen LogP contribution in [-0.2, 0) is 16.0 Å². The van der Waals surface area contributed by atoms with Crippen molar-refractivity contribution in [2.24, 2.45) is 11.7 Å². The lowest BCUT2D eigenvalue weighted by molar-refractivity contribution is -0.191. The Labute approximate surface area is 177 Å². The van der Waals surface area contributed by atoms with Gasteiger partial charge in [0.1, 0.15) is 5.82 Å². The number of unbranched alkanes of at least 4 members (excludes halogenated alkanes) is 1. The van der Waals surface area contributed by atoms with E-state index in [1.165, 1.54) is 6.07 Å². The van der Waals surface area contributed by atoms with Gasteiger partial charge in [-0.25, -0.2) is 4.39 Å². The first-order valence-electron chi connectivity index (χ1n) is 10.1. The van der Waals surface area contributed by atoms with Crippen molar-refractivity contribution in [3.63, 3.8) is 0 Å². The van der Waals surface area contributed by atoms with Crippen LogP contribution in [0.5, 0.6) is 0 Å². The zero-order chi connectivity index (χ0) is 21.6. The molecule has 1 aliphatic rings. The molecule has 9 heteroatoms. The molecule has 1 heterocycles. The maximum absolute atomic E-state index is 13.3. The van der Waals surface area contributed by atoms with Gasteiger partial charge in [0.2, 0.25) is 0 Å². The van der Waals surface area contributed by atoms with Crippen LogP contribution in [0.1, 0.15) is 44.1 Å². The number of hydrogen-bond donors (Lipinski definition) is 3. The molecule has 0 aliphatic carbocycles. The molecule has 0 bridgehead atoms. The molecule has 1 unspecified atom stereocenters. The van der Waals surface area contributed by atoms with Crippen LogP contribution in [0.2, 0.25) is 11.3 Å². The first-order chi connectivity index (χ1) is 13.8. The maximum atomic E-state index is 13.3. The second-order valence-corrected chi connectivity index (χ2v) is 8.01. The molecule has 1 aromatic rings. The molecule has 0 aromatic heterocycles. The Bertz CT molecular complexity index is 604. The highest BCUT2D eigenvalue weighted by atomic mass is 35.5. The van der Waals surface area contributed by atoms with E-state index in [0.717, 1.165) is 70.1 Å². The molecule has 29 heavy (non-hydrogen) atoms. The fourth-order valence-electron chi connectivity index (χ4n) is 3.81. The largest absolute Gasteiger partial charge is 0.451 e. The number of hydrogen-bond acceptors (Lipinski definition) is 6. The Morgan fingerprint density at radius 2 is 1.86 bits per heavy atom. The Balaban J connectivity index is 0.00000132.